The molecule has 1 aromatic rings. The summed E-state index contributed by atoms with van der Waals surface area (Å²) in [5.41, 5.74) is 1.63. The van der Waals surface area contributed by atoms with Gasteiger partial charge in [-0.3, -0.25) is 4.79 Å². The van der Waals surface area contributed by atoms with Crippen LogP contribution in [0.1, 0.15) is 61.4 Å². The van der Waals surface area contributed by atoms with Crippen LogP contribution >= 0.6 is 15.9 Å². The lowest BCUT2D eigenvalue weighted by Gasteiger charge is -2.12. The number of carbonyl (C=O) groups excluding carboxylic acids is 1. The van der Waals surface area contributed by atoms with Gasteiger partial charge < -0.3 is 4.74 Å². The van der Waals surface area contributed by atoms with E-state index in [2.05, 4.69) is 22.9 Å². The Morgan fingerprint density at radius 2 is 1.84 bits per heavy atom. The van der Waals surface area contributed by atoms with E-state index < -0.39 is 0 Å². The maximum Gasteiger partial charge on any atom is 0.153 e. The molecule has 0 aromatic heterocycles. The maximum atomic E-state index is 11.0. The molecule has 0 unspecified atom stereocenters. The normalized spacial score (nSPS) is 10.5. The van der Waals surface area contributed by atoms with E-state index in [0.717, 1.165) is 28.5 Å². The number of hydrogen-bond donors (Lipinski definition) is 0. The number of ether oxygens (including phenoxy) is 1. The summed E-state index contributed by atoms with van der Waals surface area (Å²) in [5.74, 6) is 0.728. The Morgan fingerprint density at radius 1 is 1.16 bits per heavy atom. The predicted molar refractivity (Wildman–Crippen MR) is 83.1 cm³/mol. The van der Waals surface area contributed by atoms with Crippen LogP contribution in [-0.2, 0) is 0 Å². The first kappa shape index (κ1) is 16.2. The second-order valence-electron chi connectivity index (χ2n) is 4.88. The number of carbonyl (C=O) groups is 1. The van der Waals surface area contributed by atoms with Crippen molar-refractivity contribution in [2.24, 2.45) is 0 Å². The molecule has 106 valence electrons. The summed E-state index contributed by atoms with van der Waals surface area (Å²) >= 11 is 3.39. The lowest BCUT2D eigenvalue weighted by atomic mass is 10.1. The summed E-state index contributed by atoms with van der Waals surface area (Å²) in [4.78, 5) is 11.0. The summed E-state index contributed by atoms with van der Waals surface area (Å²) < 4.78 is 6.68. The van der Waals surface area contributed by atoms with Gasteiger partial charge in [0.15, 0.2) is 6.29 Å². The molecule has 0 saturated heterocycles. The van der Waals surface area contributed by atoms with E-state index in [1.54, 1.807) is 6.07 Å². The van der Waals surface area contributed by atoms with Gasteiger partial charge >= 0.3 is 0 Å². The van der Waals surface area contributed by atoms with E-state index in [4.69, 9.17) is 4.74 Å². The van der Waals surface area contributed by atoms with Crippen molar-refractivity contribution in [2.75, 3.05) is 6.61 Å². The van der Waals surface area contributed by atoms with Crippen molar-refractivity contribution in [2.45, 2.75) is 52.4 Å². The second-order valence-corrected chi connectivity index (χ2v) is 5.79. The van der Waals surface area contributed by atoms with Crippen LogP contribution in [0.2, 0.25) is 0 Å². The van der Waals surface area contributed by atoms with E-state index in [9.17, 15) is 4.79 Å². The molecule has 0 aliphatic heterocycles. The zero-order chi connectivity index (χ0) is 14.1. The molecule has 3 heteroatoms. The van der Waals surface area contributed by atoms with Gasteiger partial charge in [-0.15, -0.1) is 0 Å². The van der Waals surface area contributed by atoms with Gasteiger partial charge in [0.1, 0.15) is 5.75 Å². The topological polar surface area (TPSA) is 26.3 Å². The summed E-state index contributed by atoms with van der Waals surface area (Å²) in [7, 11) is 0. The molecule has 19 heavy (non-hydrogen) atoms. The molecule has 0 bridgehead atoms. The minimum absolute atomic E-state index is 0.623. The first-order chi connectivity index (χ1) is 9.19. The molecule has 0 N–H and O–H groups in total. The van der Waals surface area contributed by atoms with E-state index in [-0.39, 0.29) is 0 Å². The molecule has 1 rings (SSSR count). The molecule has 0 fully saturated rings. The molecule has 0 radical (unpaired) electrons. The number of hydrogen-bond acceptors (Lipinski definition) is 2. The number of aldehydes is 1. The molecule has 1 aromatic carbocycles. The zero-order valence-electron chi connectivity index (χ0n) is 11.9. The third-order valence-corrected chi connectivity index (χ3v) is 3.60. The molecule has 0 saturated carbocycles. The van der Waals surface area contributed by atoms with Gasteiger partial charge in [-0.25, -0.2) is 0 Å². The molecule has 2 nitrogen and oxygen atoms in total. The summed E-state index contributed by atoms with van der Waals surface area (Å²) in [5, 5.41) is 0. The van der Waals surface area contributed by atoms with Crippen LogP contribution < -0.4 is 4.74 Å². The van der Waals surface area contributed by atoms with Gasteiger partial charge in [0.25, 0.3) is 0 Å². The lowest BCUT2D eigenvalue weighted by Crippen LogP contribution is -2.02. The van der Waals surface area contributed by atoms with Crippen molar-refractivity contribution in [3.8, 4) is 5.75 Å². The SMILES string of the molecule is CCCCCCCCOc1c(C)cc(Br)cc1C=O. The summed E-state index contributed by atoms with van der Waals surface area (Å²) in [6.07, 6.45) is 8.29. The lowest BCUT2D eigenvalue weighted by molar-refractivity contribution is 0.111. The first-order valence-corrected chi connectivity index (χ1v) is 7.86. The fourth-order valence-electron chi connectivity index (χ4n) is 2.10. The predicted octanol–water partition coefficient (Wildman–Crippen LogP) is 5.31. The Bertz CT molecular complexity index is 402. The van der Waals surface area contributed by atoms with E-state index in [0.29, 0.717) is 12.2 Å². The van der Waals surface area contributed by atoms with Crippen molar-refractivity contribution in [3.05, 3.63) is 27.7 Å². The molecule has 0 aliphatic rings. The maximum absolute atomic E-state index is 11.0. The number of aryl methyl sites for hydroxylation is 1. The molecule has 0 aliphatic carbocycles. The highest BCUT2D eigenvalue weighted by Crippen LogP contribution is 2.27. The average molecular weight is 327 g/mol. The molecule has 0 amide bonds. The van der Waals surface area contributed by atoms with Crippen LogP contribution in [0.5, 0.6) is 5.75 Å². The van der Waals surface area contributed by atoms with Gasteiger partial charge in [0.2, 0.25) is 0 Å². The Labute approximate surface area is 124 Å². The standard InChI is InChI=1S/C16H23BrO2/c1-3-4-5-6-7-8-9-19-16-13(2)10-15(17)11-14(16)12-18/h10-12H,3-9H2,1-2H3. The third-order valence-electron chi connectivity index (χ3n) is 3.14. The van der Waals surface area contributed by atoms with Crippen LogP contribution in [0.3, 0.4) is 0 Å². The number of rotatable bonds is 9. The van der Waals surface area contributed by atoms with Gasteiger partial charge in [-0.2, -0.15) is 0 Å². The average Bonchev–Trinajstić information content (AvgIpc) is 2.39. The van der Waals surface area contributed by atoms with E-state index >= 15 is 0 Å². The zero-order valence-corrected chi connectivity index (χ0v) is 13.5. The van der Waals surface area contributed by atoms with Crippen LogP contribution in [0.15, 0.2) is 16.6 Å². The highest BCUT2D eigenvalue weighted by molar-refractivity contribution is 9.10. The monoisotopic (exact) mass is 326 g/mol. The Hall–Kier alpha value is -0.830. The summed E-state index contributed by atoms with van der Waals surface area (Å²) in [6, 6.07) is 3.78. The largest absolute Gasteiger partial charge is 0.493 e. The second kappa shape index (κ2) is 9.13. The molecular formula is C16H23BrO2. The molecular weight excluding hydrogens is 304 g/mol. The smallest absolute Gasteiger partial charge is 0.153 e. The number of benzene rings is 1. The number of unbranched alkanes of at least 4 members (excludes halogenated alkanes) is 5. The van der Waals surface area contributed by atoms with Crippen molar-refractivity contribution in [1.29, 1.82) is 0 Å². The fraction of sp³-hybridized carbons (Fsp3) is 0.562. The Kier molecular flexibility index (Phi) is 7.80. The molecule has 0 heterocycles. The van der Waals surface area contributed by atoms with Gasteiger partial charge in [-0.05, 0) is 31.0 Å². The highest BCUT2D eigenvalue weighted by atomic mass is 79.9. The van der Waals surface area contributed by atoms with Gasteiger partial charge in [0, 0.05) is 4.47 Å². The van der Waals surface area contributed by atoms with Crippen molar-refractivity contribution < 1.29 is 9.53 Å². The minimum Gasteiger partial charge on any atom is -0.493 e. The Morgan fingerprint density at radius 3 is 2.53 bits per heavy atom. The van der Waals surface area contributed by atoms with Crippen molar-refractivity contribution >= 4 is 22.2 Å². The molecule has 0 spiro atoms. The first-order valence-electron chi connectivity index (χ1n) is 7.07. The summed E-state index contributed by atoms with van der Waals surface area (Å²) in [6.45, 7) is 4.88. The van der Waals surface area contributed by atoms with E-state index in [1.165, 1.54) is 32.1 Å². The van der Waals surface area contributed by atoms with Gasteiger partial charge in [0.05, 0.1) is 12.2 Å². The molecule has 0 atom stereocenters. The van der Waals surface area contributed by atoms with Crippen LogP contribution in [0, 0.1) is 6.92 Å². The minimum atomic E-state index is 0.623. The van der Waals surface area contributed by atoms with Crippen LogP contribution in [0.4, 0.5) is 0 Å². The number of halogens is 1. The van der Waals surface area contributed by atoms with Crippen LogP contribution in [0.25, 0.3) is 0 Å². The van der Waals surface area contributed by atoms with Crippen molar-refractivity contribution in [3.63, 3.8) is 0 Å². The Balaban J connectivity index is 2.39. The van der Waals surface area contributed by atoms with Crippen molar-refractivity contribution in [1.82, 2.24) is 0 Å². The third kappa shape index (κ3) is 5.77. The fourth-order valence-corrected chi connectivity index (χ4v) is 2.69. The van der Waals surface area contributed by atoms with Crippen LogP contribution in [-0.4, -0.2) is 12.9 Å². The highest BCUT2D eigenvalue weighted by Gasteiger charge is 2.08. The quantitative estimate of drug-likeness (QED) is 0.454. The van der Waals surface area contributed by atoms with E-state index in [1.807, 2.05) is 13.0 Å². The van der Waals surface area contributed by atoms with Gasteiger partial charge in [-0.1, -0.05) is 55.0 Å².